The van der Waals surface area contributed by atoms with Crippen molar-refractivity contribution >= 4 is 29.4 Å². The number of nitrogens with one attached hydrogen (secondary N) is 2. The number of fused-ring (bicyclic) bond motifs is 1. The number of benzene rings is 1. The van der Waals surface area contributed by atoms with Gasteiger partial charge in [0.1, 0.15) is 5.54 Å². The molecule has 1 saturated heterocycles. The summed E-state index contributed by atoms with van der Waals surface area (Å²) in [6.45, 7) is 1.64. The molecule has 0 aromatic heterocycles. The summed E-state index contributed by atoms with van der Waals surface area (Å²) in [5.74, 6) is -0.0127. The molecule has 1 spiro atoms. The highest BCUT2D eigenvalue weighted by molar-refractivity contribution is 6.31. The zero-order valence-electron chi connectivity index (χ0n) is 9.87. The summed E-state index contributed by atoms with van der Waals surface area (Å²) in [5, 5.41) is 6.86. The molecular formula is C13H14ClN3O. The molecule has 0 bridgehead atoms. The Morgan fingerprint density at radius 2 is 2.06 bits per heavy atom. The summed E-state index contributed by atoms with van der Waals surface area (Å²) < 4.78 is 0. The number of carbonyl (C=O) groups is 1. The molecule has 94 valence electrons. The van der Waals surface area contributed by atoms with Gasteiger partial charge in [0.25, 0.3) is 5.91 Å². The topological polar surface area (TPSA) is 53.5 Å². The third-order valence-corrected chi connectivity index (χ3v) is 3.80. The van der Waals surface area contributed by atoms with Crippen LogP contribution in [0.5, 0.6) is 0 Å². The van der Waals surface area contributed by atoms with Gasteiger partial charge in [-0.15, -0.1) is 0 Å². The fourth-order valence-electron chi connectivity index (χ4n) is 2.44. The number of hydrogen-bond donors (Lipinski definition) is 2. The Kier molecular flexibility index (Phi) is 2.84. The molecule has 2 aliphatic heterocycles. The molecule has 0 radical (unpaired) electrons. The van der Waals surface area contributed by atoms with Gasteiger partial charge in [0.05, 0.1) is 0 Å². The average Bonchev–Trinajstić information content (AvgIpc) is 2.51. The molecule has 18 heavy (non-hydrogen) atoms. The Morgan fingerprint density at radius 1 is 1.28 bits per heavy atom. The molecule has 1 fully saturated rings. The molecule has 5 heteroatoms. The molecule has 0 aliphatic carbocycles. The first kappa shape index (κ1) is 11.7. The van der Waals surface area contributed by atoms with Crippen molar-refractivity contribution in [1.82, 2.24) is 5.32 Å². The van der Waals surface area contributed by atoms with E-state index < -0.39 is 5.54 Å². The lowest BCUT2D eigenvalue weighted by Gasteiger charge is -2.31. The molecule has 0 unspecified atom stereocenters. The highest BCUT2D eigenvalue weighted by atomic mass is 35.5. The molecule has 2 N–H and O–H groups in total. The van der Waals surface area contributed by atoms with Crippen molar-refractivity contribution in [3.8, 4) is 0 Å². The van der Waals surface area contributed by atoms with E-state index in [2.05, 4.69) is 15.6 Å². The van der Waals surface area contributed by atoms with Gasteiger partial charge in [-0.3, -0.25) is 9.79 Å². The van der Waals surface area contributed by atoms with Crippen molar-refractivity contribution in [2.24, 2.45) is 4.99 Å². The van der Waals surface area contributed by atoms with Crippen LogP contribution in [0.1, 0.15) is 18.4 Å². The van der Waals surface area contributed by atoms with E-state index in [9.17, 15) is 4.79 Å². The second-order valence-electron chi connectivity index (χ2n) is 4.73. The first-order chi connectivity index (χ1) is 8.70. The van der Waals surface area contributed by atoms with Crippen molar-refractivity contribution in [3.63, 3.8) is 0 Å². The van der Waals surface area contributed by atoms with Gasteiger partial charge in [0.2, 0.25) is 0 Å². The number of hydrogen-bond acceptors (Lipinski definition) is 3. The summed E-state index contributed by atoms with van der Waals surface area (Å²) >= 11 is 5.96. The maximum Gasteiger partial charge on any atom is 0.252 e. The molecule has 4 nitrogen and oxygen atoms in total. The molecule has 1 aromatic carbocycles. The van der Waals surface area contributed by atoms with Crippen molar-refractivity contribution in [2.45, 2.75) is 18.4 Å². The lowest BCUT2D eigenvalue weighted by atomic mass is 9.88. The number of piperidine rings is 1. The maximum absolute atomic E-state index is 12.4. The van der Waals surface area contributed by atoms with Gasteiger partial charge in [0, 0.05) is 22.5 Å². The molecule has 2 heterocycles. The van der Waals surface area contributed by atoms with E-state index in [1.54, 1.807) is 12.3 Å². The Balaban J connectivity index is 2.01. The normalized spacial score (nSPS) is 21.3. The van der Waals surface area contributed by atoms with Crippen LogP contribution in [0.4, 0.5) is 5.69 Å². The summed E-state index contributed by atoms with van der Waals surface area (Å²) in [7, 11) is 0. The fraction of sp³-hybridized carbons (Fsp3) is 0.385. The third kappa shape index (κ3) is 1.91. The Hall–Kier alpha value is -1.39. The predicted octanol–water partition coefficient (Wildman–Crippen LogP) is 1.83. The number of halogens is 1. The van der Waals surface area contributed by atoms with Gasteiger partial charge in [-0.1, -0.05) is 11.6 Å². The molecule has 1 aromatic rings. The van der Waals surface area contributed by atoms with Crippen LogP contribution in [0.3, 0.4) is 0 Å². The maximum atomic E-state index is 12.4. The van der Waals surface area contributed by atoms with Gasteiger partial charge in [-0.05, 0) is 44.1 Å². The van der Waals surface area contributed by atoms with Crippen LogP contribution in [0.15, 0.2) is 23.2 Å². The lowest BCUT2D eigenvalue weighted by molar-refractivity contribution is -0.121. The van der Waals surface area contributed by atoms with Crippen molar-refractivity contribution in [1.29, 1.82) is 0 Å². The van der Waals surface area contributed by atoms with Gasteiger partial charge in [-0.25, -0.2) is 0 Å². The molecular weight excluding hydrogens is 250 g/mol. The number of anilines is 1. The fourth-order valence-corrected chi connectivity index (χ4v) is 2.62. The first-order valence-electron chi connectivity index (χ1n) is 6.07. The highest BCUT2D eigenvalue weighted by Gasteiger charge is 2.40. The molecule has 2 aliphatic rings. The van der Waals surface area contributed by atoms with Crippen molar-refractivity contribution in [2.75, 3.05) is 18.4 Å². The quantitative estimate of drug-likeness (QED) is 0.750. The van der Waals surface area contributed by atoms with E-state index in [4.69, 9.17) is 11.6 Å². The zero-order valence-corrected chi connectivity index (χ0v) is 10.6. The molecule has 0 saturated carbocycles. The van der Waals surface area contributed by atoms with Crippen molar-refractivity contribution < 1.29 is 4.79 Å². The van der Waals surface area contributed by atoms with Gasteiger partial charge >= 0.3 is 0 Å². The second kappa shape index (κ2) is 4.37. The van der Waals surface area contributed by atoms with Crippen LogP contribution >= 0.6 is 11.6 Å². The van der Waals surface area contributed by atoms with E-state index in [1.807, 2.05) is 12.1 Å². The summed E-state index contributed by atoms with van der Waals surface area (Å²) in [4.78, 5) is 16.9. The largest absolute Gasteiger partial charge is 0.323 e. The van der Waals surface area contributed by atoms with E-state index in [0.717, 1.165) is 37.2 Å². The standard InChI is InChI=1S/C13H14ClN3O/c14-10-1-2-11-9(7-10)8-16-13(12(18)17-11)3-5-15-6-4-13/h1-2,7-8,15H,3-6H2,(H,17,18). The van der Waals surface area contributed by atoms with Crippen LogP contribution in [0.25, 0.3) is 0 Å². The van der Waals surface area contributed by atoms with Gasteiger partial charge < -0.3 is 10.6 Å². The Labute approximate surface area is 110 Å². The van der Waals surface area contributed by atoms with Crippen LogP contribution in [0.2, 0.25) is 5.02 Å². The van der Waals surface area contributed by atoms with E-state index in [1.165, 1.54) is 0 Å². The van der Waals surface area contributed by atoms with Crippen LogP contribution < -0.4 is 10.6 Å². The number of rotatable bonds is 0. The Bertz CT molecular complexity index is 521. The van der Waals surface area contributed by atoms with Gasteiger partial charge in [0.15, 0.2) is 0 Å². The van der Waals surface area contributed by atoms with E-state index >= 15 is 0 Å². The monoisotopic (exact) mass is 263 g/mol. The first-order valence-corrected chi connectivity index (χ1v) is 6.44. The SMILES string of the molecule is O=C1Nc2ccc(Cl)cc2C=NC12CCNCC2. The minimum atomic E-state index is -0.614. The van der Waals surface area contributed by atoms with Crippen molar-refractivity contribution in [3.05, 3.63) is 28.8 Å². The minimum Gasteiger partial charge on any atom is -0.323 e. The van der Waals surface area contributed by atoms with Crippen LogP contribution in [0, 0.1) is 0 Å². The lowest BCUT2D eigenvalue weighted by Crippen LogP contribution is -2.48. The predicted molar refractivity (Wildman–Crippen MR) is 72.5 cm³/mol. The van der Waals surface area contributed by atoms with Crippen LogP contribution in [-0.2, 0) is 4.79 Å². The number of nitrogens with zero attached hydrogens (tertiary/aromatic N) is 1. The minimum absolute atomic E-state index is 0.0127. The third-order valence-electron chi connectivity index (χ3n) is 3.57. The molecule has 3 rings (SSSR count). The summed E-state index contributed by atoms with van der Waals surface area (Å²) in [5.41, 5.74) is 1.03. The molecule has 1 amide bonds. The zero-order chi connectivity index (χ0) is 12.6. The molecule has 0 atom stereocenters. The number of carbonyl (C=O) groups excluding carboxylic acids is 1. The van der Waals surface area contributed by atoms with Gasteiger partial charge in [-0.2, -0.15) is 0 Å². The number of aliphatic imine (C=N–C) groups is 1. The average molecular weight is 264 g/mol. The van der Waals surface area contributed by atoms with E-state index in [0.29, 0.717) is 5.02 Å². The Morgan fingerprint density at radius 3 is 2.83 bits per heavy atom. The smallest absolute Gasteiger partial charge is 0.252 e. The van der Waals surface area contributed by atoms with Crippen LogP contribution in [-0.4, -0.2) is 30.8 Å². The second-order valence-corrected chi connectivity index (χ2v) is 5.16. The summed E-state index contributed by atoms with van der Waals surface area (Å²) in [6, 6.07) is 5.41. The summed E-state index contributed by atoms with van der Waals surface area (Å²) in [6.07, 6.45) is 3.23. The highest BCUT2D eigenvalue weighted by Crippen LogP contribution is 2.30. The number of amides is 1. The van der Waals surface area contributed by atoms with E-state index in [-0.39, 0.29) is 5.91 Å².